The lowest BCUT2D eigenvalue weighted by atomic mass is 10.1. The number of nitriles is 1. The van der Waals surface area contributed by atoms with Crippen LogP contribution in [0, 0.1) is 18.3 Å². The van der Waals surface area contributed by atoms with Crippen molar-refractivity contribution in [1.29, 1.82) is 5.26 Å². The van der Waals surface area contributed by atoms with Gasteiger partial charge in [0.25, 0.3) is 0 Å². The van der Waals surface area contributed by atoms with Crippen molar-refractivity contribution in [2.75, 3.05) is 6.61 Å². The Kier molecular flexibility index (Phi) is 3.33. The molecule has 2 aromatic rings. The Morgan fingerprint density at radius 2 is 2.00 bits per heavy atom. The highest BCUT2D eigenvalue weighted by Gasteiger charge is 2.13. The summed E-state index contributed by atoms with van der Waals surface area (Å²) in [5.74, 6) is 1.66. The van der Waals surface area contributed by atoms with Crippen molar-refractivity contribution in [1.82, 2.24) is 9.55 Å². The van der Waals surface area contributed by atoms with E-state index in [1.165, 1.54) is 0 Å². The third-order valence-corrected chi connectivity index (χ3v) is 2.86. The molecule has 0 saturated carbocycles. The van der Waals surface area contributed by atoms with Gasteiger partial charge in [-0.25, -0.2) is 4.98 Å². The Bertz CT molecular complexity index is 591. The normalized spacial score (nSPS) is 10.1. The minimum absolute atomic E-state index is 0.580. The number of hydrogen-bond acceptors (Lipinski definition) is 3. The van der Waals surface area contributed by atoms with Gasteiger partial charge in [-0.15, -0.1) is 0 Å². The fourth-order valence-corrected chi connectivity index (χ4v) is 1.82. The number of imidazole rings is 1. The van der Waals surface area contributed by atoms with Crippen molar-refractivity contribution in [3.05, 3.63) is 35.8 Å². The van der Waals surface area contributed by atoms with Crippen molar-refractivity contribution in [2.24, 2.45) is 7.05 Å². The fraction of sp³-hybridized carbons (Fsp3) is 0.286. The molecule has 0 unspecified atom stereocenters. The monoisotopic (exact) mass is 241 g/mol. The van der Waals surface area contributed by atoms with Gasteiger partial charge >= 0.3 is 0 Å². The fourth-order valence-electron chi connectivity index (χ4n) is 1.82. The van der Waals surface area contributed by atoms with Crippen LogP contribution in [0.3, 0.4) is 0 Å². The number of aryl methyl sites for hydroxylation is 1. The van der Waals surface area contributed by atoms with E-state index in [0.717, 1.165) is 22.8 Å². The summed E-state index contributed by atoms with van der Waals surface area (Å²) in [6.07, 6.45) is 0. The molecule has 0 atom stereocenters. The van der Waals surface area contributed by atoms with E-state index in [1.54, 1.807) is 4.57 Å². The van der Waals surface area contributed by atoms with Crippen LogP contribution in [0.15, 0.2) is 24.3 Å². The average molecular weight is 241 g/mol. The first-order valence-electron chi connectivity index (χ1n) is 5.84. The van der Waals surface area contributed by atoms with Gasteiger partial charge in [0.2, 0.25) is 0 Å². The van der Waals surface area contributed by atoms with Crippen molar-refractivity contribution in [3.8, 4) is 23.1 Å². The second kappa shape index (κ2) is 4.92. The molecule has 1 aromatic heterocycles. The Morgan fingerprint density at radius 3 is 2.56 bits per heavy atom. The van der Waals surface area contributed by atoms with Crippen molar-refractivity contribution in [3.63, 3.8) is 0 Å². The maximum Gasteiger partial charge on any atom is 0.147 e. The summed E-state index contributed by atoms with van der Waals surface area (Å²) in [7, 11) is 1.85. The van der Waals surface area contributed by atoms with Gasteiger partial charge in [-0.3, -0.25) is 0 Å². The van der Waals surface area contributed by atoms with Gasteiger partial charge in [0, 0.05) is 12.6 Å². The lowest BCUT2D eigenvalue weighted by molar-refractivity contribution is 0.340. The van der Waals surface area contributed by atoms with Gasteiger partial charge in [-0.1, -0.05) is 0 Å². The van der Waals surface area contributed by atoms with Gasteiger partial charge in [0.1, 0.15) is 29.0 Å². The Labute approximate surface area is 106 Å². The molecule has 0 fully saturated rings. The zero-order chi connectivity index (χ0) is 13.1. The average Bonchev–Trinajstić information content (AvgIpc) is 2.67. The van der Waals surface area contributed by atoms with E-state index >= 15 is 0 Å². The molecule has 0 amide bonds. The molecule has 0 aliphatic rings. The van der Waals surface area contributed by atoms with Crippen LogP contribution in [0.1, 0.15) is 18.4 Å². The maximum absolute atomic E-state index is 9.18. The molecule has 2 rings (SSSR count). The molecule has 0 bridgehead atoms. The first kappa shape index (κ1) is 12.2. The zero-order valence-corrected chi connectivity index (χ0v) is 10.8. The molecule has 4 nitrogen and oxygen atoms in total. The Balaban J connectivity index is 2.43. The van der Waals surface area contributed by atoms with Crippen LogP contribution in [0.2, 0.25) is 0 Å². The van der Waals surface area contributed by atoms with Gasteiger partial charge in [-0.2, -0.15) is 5.26 Å². The number of aromatic nitrogens is 2. The molecule has 0 radical (unpaired) electrons. The molecule has 0 aliphatic carbocycles. The van der Waals surface area contributed by atoms with Crippen LogP contribution < -0.4 is 4.74 Å². The quantitative estimate of drug-likeness (QED) is 0.830. The largest absolute Gasteiger partial charge is 0.494 e. The van der Waals surface area contributed by atoms with E-state index in [9.17, 15) is 5.26 Å². The van der Waals surface area contributed by atoms with Crippen LogP contribution in [-0.2, 0) is 7.05 Å². The molecular formula is C14H15N3O. The number of nitrogens with zero attached hydrogens (tertiary/aromatic N) is 3. The maximum atomic E-state index is 9.18. The van der Waals surface area contributed by atoms with E-state index in [4.69, 9.17) is 4.74 Å². The van der Waals surface area contributed by atoms with Crippen LogP contribution in [0.25, 0.3) is 11.3 Å². The lowest BCUT2D eigenvalue weighted by Crippen LogP contribution is -1.94. The van der Waals surface area contributed by atoms with E-state index in [2.05, 4.69) is 11.1 Å². The molecule has 18 heavy (non-hydrogen) atoms. The van der Waals surface area contributed by atoms with Crippen LogP contribution in [-0.4, -0.2) is 16.2 Å². The molecular weight excluding hydrogens is 226 g/mol. The number of benzene rings is 1. The standard InChI is InChI=1S/C14H15N3O/c1-4-18-12-7-5-11(6-8-12)14-13(9-15)17(3)10(2)16-14/h5-8H,4H2,1-3H3. The van der Waals surface area contributed by atoms with Crippen LogP contribution in [0.5, 0.6) is 5.75 Å². The molecule has 1 heterocycles. The van der Waals surface area contributed by atoms with Crippen molar-refractivity contribution in [2.45, 2.75) is 13.8 Å². The van der Waals surface area contributed by atoms with E-state index in [0.29, 0.717) is 12.3 Å². The highest BCUT2D eigenvalue weighted by Crippen LogP contribution is 2.25. The summed E-state index contributed by atoms with van der Waals surface area (Å²) in [6.45, 7) is 4.48. The molecule has 0 saturated heterocycles. The zero-order valence-electron chi connectivity index (χ0n) is 10.8. The third kappa shape index (κ3) is 2.07. The highest BCUT2D eigenvalue weighted by molar-refractivity contribution is 5.66. The van der Waals surface area contributed by atoms with Crippen LogP contribution in [0.4, 0.5) is 0 Å². The van der Waals surface area contributed by atoms with Crippen molar-refractivity contribution >= 4 is 0 Å². The number of ether oxygens (including phenoxy) is 1. The topological polar surface area (TPSA) is 50.8 Å². The minimum atomic E-state index is 0.580. The predicted octanol–water partition coefficient (Wildman–Crippen LogP) is 2.67. The summed E-state index contributed by atoms with van der Waals surface area (Å²) in [6, 6.07) is 9.83. The van der Waals surface area contributed by atoms with Crippen LogP contribution >= 0.6 is 0 Å². The highest BCUT2D eigenvalue weighted by atomic mass is 16.5. The van der Waals surface area contributed by atoms with Gasteiger partial charge in [-0.05, 0) is 38.1 Å². The van der Waals surface area contributed by atoms with Gasteiger partial charge < -0.3 is 9.30 Å². The molecule has 92 valence electrons. The summed E-state index contributed by atoms with van der Waals surface area (Å²) >= 11 is 0. The molecule has 0 aliphatic heterocycles. The second-order valence-corrected chi connectivity index (χ2v) is 3.98. The SMILES string of the molecule is CCOc1ccc(-c2nc(C)n(C)c2C#N)cc1. The minimum Gasteiger partial charge on any atom is -0.494 e. The Hall–Kier alpha value is -2.28. The van der Waals surface area contributed by atoms with Gasteiger partial charge in [0.05, 0.1) is 6.61 Å². The first-order chi connectivity index (χ1) is 8.67. The molecule has 0 N–H and O–H groups in total. The summed E-state index contributed by atoms with van der Waals surface area (Å²) < 4.78 is 7.19. The summed E-state index contributed by atoms with van der Waals surface area (Å²) in [5.41, 5.74) is 2.23. The predicted molar refractivity (Wildman–Crippen MR) is 69.3 cm³/mol. The number of rotatable bonds is 3. The lowest BCUT2D eigenvalue weighted by Gasteiger charge is -2.03. The van der Waals surface area contributed by atoms with Crippen molar-refractivity contribution < 1.29 is 4.74 Å². The third-order valence-electron chi connectivity index (χ3n) is 2.86. The smallest absolute Gasteiger partial charge is 0.147 e. The van der Waals surface area contributed by atoms with E-state index < -0.39 is 0 Å². The van der Waals surface area contributed by atoms with E-state index in [1.807, 2.05) is 45.2 Å². The summed E-state index contributed by atoms with van der Waals surface area (Å²) in [5, 5.41) is 9.18. The molecule has 4 heteroatoms. The first-order valence-corrected chi connectivity index (χ1v) is 5.84. The second-order valence-electron chi connectivity index (χ2n) is 3.98. The molecule has 0 spiro atoms. The van der Waals surface area contributed by atoms with E-state index in [-0.39, 0.29) is 0 Å². The Morgan fingerprint density at radius 1 is 1.33 bits per heavy atom. The molecule has 1 aromatic carbocycles. The van der Waals surface area contributed by atoms with Gasteiger partial charge in [0.15, 0.2) is 0 Å². The number of hydrogen-bond donors (Lipinski definition) is 0. The summed E-state index contributed by atoms with van der Waals surface area (Å²) in [4.78, 5) is 4.43.